The molecule has 0 unspecified atom stereocenters. The molecule has 0 saturated heterocycles. The molecule has 0 bridgehead atoms. The van der Waals surface area contributed by atoms with E-state index in [9.17, 15) is 4.79 Å². The number of methoxy groups -OCH3 is 1. The van der Waals surface area contributed by atoms with Gasteiger partial charge in [-0.15, -0.1) is 22.7 Å². The zero-order chi connectivity index (χ0) is 13.9. The number of carbonyl (C=O) groups excluding carboxylic acids is 1. The van der Waals surface area contributed by atoms with Crippen molar-refractivity contribution < 1.29 is 9.53 Å². The lowest BCUT2D eigenvalue weighted by molar-refractivity contribution is 0.0777. The molecule has 0 N–H and O–H groups in total. The predicted molar refractivity (Wildman–Crippen MR) is 83.7 cm³/mol. The monoisotopic (exact) mass is 305 g/mol. The summed E-state index contributed by atoms with van der Waals surface area (Å²) >= 11 is 3.20. The van der Waals surface area contributed by atoms with Crippen molar-refractivity contribution in [2.75, 3.05) is 20.2 Å². The van der Waals surface area contributed by atoms with Crippen LogP contribution in [0.5, 0.6) is 5.75 Å². The zero-order valence-corrected chi connectivity index (χ0v) is 12.8. The maximum atomic E-state index is 12.4. The second-order valence-electron chi connectivity index (χ2n) is 4.56. The minimum atomic E-state index is 0.0970. The zero-order valence-electron chi connectivity index (χ0n) is 11.2. The largest absolute Gasteiger partial charge is 0.496 e. The van der Waals surface area contributed by atoms with Crippen molar-refractivity contribution in [3.8, 4) is 5.75 Å². The number of hydrogen-bond acceptors (Lipinski definition) is 4. The van der Waals surface area contributed by atoms with Gasteiger partial charge >= 0.3 is 0 Å². The van der Waals surface area contributed by atoms with E-state index >= 15 is 0 Å². The highest BCUT2D eigenvalue weighted by atomic mass is 32.1. The SMILES string of the molecule is COc1csc(C(=O)N2CC=C(c3cccs3)CC2)c1. The summed E-state index contributed by atoms with van der Waals surface area (Å²) in [6.07, 6.45) is 3.09. The fraction of sp³-hybridized carbons (Fsp3) is 0.267. The van der Waals surface area contributed by atoms with Crippen LogP contribution in [0.3, 0.4) is 0 Å². The van der Waals surface area contributed by atoms with Gasteiger partial charge in [0.2, 0.25) is 0 Å². The summed E-state index contributed by atoms with van der Waals surface area (Å²) in [7, 11) is 1.62. The Morgan fingerprint density at radius 3 is 2.90 bits per heavy atom. The molecule has 2 aromatic rings. The van der Waals surface area contributed by atoms with Crippen LogP contribution in [0.25, 0.3) is 5.57 Å². The lowest BCUT2D eigenvalue weighted by atomic mass is 10.1. The molecule has 0 aromatic carbocycles. The minimum absolute atomic E-state index is 0.0970. The Morgan fingerprint density at radius 2 is 2.30 bits per heavy atom. The second-order valence-corrected chi connectivity index (χ2v) is 6.42. The average molecular weight is 305 g/mol. The Hall–Kier alpha value is -1.59. The van der Waals surface area contributed by atoms with Crippen LogP contribution in [-0.2, 0) is 0 Å². The predicted octanol–water partition coefficient (Wildman–Crippen LogP) is 3.75. The van der Waals surface area contributed by atoms with E-state index in [0.29, 0.717) is 6.54 Å². The third kappa shape index (κ3) is 2.64. The molecule has 0 fully saturated rings. The average Bonchev–Trinajstić information content (AvgIpc) is 3.18. The van der Waals surface area contributed by atoms with Crippen molar-refractivity contribution in [1.29, 1.82) is 0 Å². The smallest absolute Gasteiger partial charge is 0.264 e. The van der Waals surface area contributed by atoms with Gasteiger partial charge in [0, 0.05) is 29.4 Å². The molecule has 20 heavy (non-hydrogen) atoms. The van der Waals surface area contributed by atoms with Crippen LogP contribution >= 0.6 is 22.7 Å². The van der Waals surface area contributed by atoms with Gasteiger partial charge in [0.05, 0.1) is 12.0 Å². The second kappa shape index (κ2) is 5.81. The quantitative estimate of drug-likeness (QED) is 0.864. The molecule has 0 aliphatic carbocycles. The van der Waals surface area contributed by atoms with Crippen LogP contribution in [0.2, 0.25) is 0 Å². The number of rotatable bonds is 3. The van der Waals surface area contributed by atoms with Crippen LogP contribution in [-0.4, -0.2) is 31.0 Å². The van der Waals surface area contributed by atoms with E-state index in [0.717, 1.165) is 23.6 Å². The Labute approximate surface area is 126 Å². The molecule has 0 saturated carbocycles. The van der Waals surface area contributed by atoms with Gasteiger partial charge < -0.3 is 9.64 Å². The maximum Gasteiger partial charge on any atom is 0.264 e. The summed E-state index contributed by atoms with van der Waals surface area (Å²) in [6, 6.07) is 6.01. The third-order valence-corrected chi connectivity index (χ3v) is 5.20. The molecule has 3 nitrogen and oxygen atoms in total. The first-order chi connectivity index (χ1) is 9.78. The van der Waals surface area contributed by atoms with Crippen LogP contribution in [0.4, 0.5) is 0 Å². The molecule has 1 aliphatic rings. The normalized spacial score (nSPS) is 15.1. The highest BCUT2D eigenvalue weighted by Crippen LogP contribution is 2.28. The molecular weight excluding hydrogens is 290 g/mol. The summed E-state index contributed by atoms with van der Waals surface area (Å²) in [5, 5.41) is 3.95. The topological polar surface area (TPSA) is 29.5 Å². The van der Waals surface area contributed by atoms with E-state index < -0.39 is 0 Å². The molecule has 3 rings (SSSR count). The van der Waals surface area contributed by atoms with E-state index in [1.54, 1.807) is 18.4 Å². The fourth-order valence-corrected chi connectivity index (χ4v) is 3.85. The Kier molecular flexibility index (Phi) is 3.89. The van der Waals surface area contributed by atoms with Crippen molar-refractivity contribution in [2.24, 2.45) is 0 Å². The highest BCUT2D eigenvalue weighted by Gasteiger charge is 2.21. The van der Waals surface area contributed by atoms with Crippen molar-refractivity contribution >= 4 is 34.2 Å². The van der Waals surface area contributed by atoms with E-state index in [2.05, 4.69) is 23.6 Å². The highest BCUT2D eigenvalue weighted by molar-refractivity contribution is 7.12. The molecule has 3 heterocycles. The summed E-state index contributed by atoms with van der Waals surface area (Å²) in [6.45, 7) is 1.47. The van der Waals surface area contributed by atoms with Gasteiger partial charge in [0.1, 0.15) is 5.75 Å². The first-order valence-electron chi connectivity index (χ1n) is 6.42. The number of amides is 1. The minimum Gasteiger partial charge on any atom is -0.496 e. The third-order valence-electron chi connectivity index (χ3n) is 3.36. The van der Waals surface area contributed by atoms with Crippen molar-refractivity contribution in [1.82, 2.24) is 4.90 Å². The molecule has 1 amide bonds. The first-order valence-corrected chi connectivity index (χ1v) is 8.18. The Bertz CT molecular complexity index is 628. The van der Waals surface area contributed by atoms with Gasteiger partial charge in [-0.05, 0) is 23.4 Å². The number of hydrogen-bond donors (Lipinski definition) is 0. The van der Waals surface area contributed by atoms with Crippen LogP contribution in [0.15, 0.2) is 35.0 Å². The molecule has 2 aromatic heterocycles. The van der Waals surface area contributed by atoms with Crippen LogP contribution < -0.4 is 4.74 Å². The maximum absolute atomic E-state index is 12.4. The van der Waals surface area contributed by atoms with Crippen molar-refractivity contribution in [3.05, 3.63) is 44.8 Å². The van der Waals surface area contributed by atoms with Crippen LogP contribution in [0, 0.1) is 0 Å². The summed E-state index contributed by atoms with van der Waals surface area (Å²) in [5.74, 6) is 0.852. The van der Waals surface area contributed by atoms with Gasteiger partial charge in [-0.2, -0.15) is 0 Å². The van der Waals surface area contributed by atoms with Gasteiger partial charge in [-0.25, -0.2) is 0 Å². The van der Waals surface area contributed by atoms with Gasteiger partial charge in [0.15, 0.2) is 0 Å². The molecule has 0 spiro atoms. The number of ether oxygens (including phenoxy) is 1. The standard InChI is InChI=1S/C15H15NO2S2/c1-18-12-9-14(20-10-12)15(17)16-6-4-11(5-7-16)13-3-2-8-19-13/h2-4,8-10H,5-7H2,1H3. The fourth-order valence-electron chi connectivity index (χ4n) is 2.23. The van der Waals surface area contributed by atoms with Gasteiger partial charge in [0.25, 0.3) is 5.91 Å². The summed E-state index contributed by atoms with van der Waals surface area (Å²) in [5.41, 5.74) is 1.35. The van der Waals surface area contributed by atoms with E-state index in [1.165, 1.54) is 21.8 Å². The molecule has 0 radical (unpaired) electrons. The molecule has 1 aliphatic heterocycles. The van der Waals surface area contributed by atoms with Gasteiger partial charge in [-0.3, -0.25) is 4.79 Å². The first kappa shape index (κ1) is 13.4. The number of nitrogens with zero attached hydrogens (tertiary/aromatic N) is 1. The van der Waals surface area contributed by atoms with E-state index in [4.69, 9.17) is 4.74 Å². The Balaban J connectivity index is 1.70. The molecule has 104 valence electrons. The van der Waals surface area contributed by atoms with Crippen LogP contribution in [0.1, 0.15) is 21.0 Å². The lowest BCUT2D eigenvalue weighted by Crippen LogP contribution is -2.34. The summed E-state index contributed by atoms with van der Waals surface area (Å²) in [4.78, 5) is 16.3. The molecule has 0 atom stereocenters. The molecule has 5 heteroatoms. The van der Waals surface area contributed by atoms with Crippen molar-refractivity contribution in [2.45, 2.75) is 6.42 Å². The Morgan fingerprint density at radius 1 is 1.40 bits per heavy atom. The van der Waals surface area contributed by atoms with Gasteiger partial charge in [-0.1, -0.05) is 12.1 Å². The molecular formula is C15H15NO2S2. The van der Waals surface area contributed by atoms with E-state index in [-0.39, 0.29) is 5.91 Å². The number of thiophene rings is 2. The van der Waals surface area contributed by atoms with E-state index in [1.807, 2.05) is 16.3 Å². The lowest BCUT2D eigenvalue weighted by Gasteiger charge is -2.25. The van der Waals surface area contributed by atoms with Crippen molar-refractivity contribution in [3.63, 3.8) is 0 Å². The summed E-state index contributed by atoms with van der Waals surface area (Å²) < 4.78 is 5.13. The number of carbonyl (C=O) groups is 1.